The molecule has 0 heterocycles. The fraction of sp³-hybridized carbons (Fsp3) is 0.700. The zero-order valence-corrected chi connectivity index (χ0v) is 15.4. The molecule has 0 saturated heterocycles. The zero-order valence-electron chi connectivity index (χ0n) is 14.6. The van der Waals surface area contributed by atoms with E-state index in [-0.39, 0.29) is 5.41 Å². The summed E-state index contributed by atoms with van der Waals surface area (Å²) in [4.78, 5) is 0. The first-order valence-corrected chi connectivity index (χ1v) is 9.65. The molecule has 1 aliphatic rings. The second-order valence-corrected chi connectivity index (χ2v) is 9.04. The van der Waals surface area contributed by atoms with Gasteiger partial charge in [0.1, 0.15) is 0 Å². The molecule has 0 unspecified atom stereocenters. The van der Waals surface area contributed by atoms with Crippen molar-refractivity contribution in [1.82, 2.24) is 0 Å². The molecule has 0 radical (unpaired) electrons. The number of hydrogen-bond donors (Lipinski definition) is 0. The van der Waals surface area contributed by atoms with Gasteiger partial charge in [0.05, 0.1) is 0 Å². The van der Waals surface area contributed by atoms with E-state index in [1.165, 1.54) is 61.0 Å². The Labute approximate surface area is 136 Å². The van der Waals surface area contributed by atoms with E-state index in [0.717, 1.165) is 5.25 Å². The lowest BCUT2D eigenvalue weighted by molar-refractivity contribution is 0.589. The van der Waals surface area contributed by atoms with E-state index in [1.807, 2.05) is 0 Å². The van der Waals surface area contributed by atoms with Crippen LogP contribution in [-0.2, 0) is 11.2 Å². The molecule has 0 spiro atoms. The molecule has 2 rings (SSSR count). The second-order valence-electron chi connectivity index (χ2n) is 7.75. The predicted octanol–water partition coefficient (Wildman–Crippen LogP) is 6.56. The fourth-order valence-corrected chi connectivity index (χ4v) is 4.51. The Morgan fingerprint density at radius 2 is 1.62 bits per heavy atom. The Bertz CT molecular complexity index is 459. The number of benzene rings is 1. The lowest BCUT2D eigenvalue weighted by atomic mass is 9.84. The van der Waals surface area contributed by atoms with Crippen LogP contribution in [0.4, 0.5) is 0 Å². The Morgan fingerprint density at radius 1 is 1.00 bits per heavy atom. The van der Waals surface area contributed by atoms with Gasteiger partial charge in [0.25, 0.3) is 0 Å². The second kappa shape index (κ2) is 7.22. The molecule has 118 valence electrons. The first kappa shape index (κ1) is 16.9. The van der Waals surface area contributed by atoms with Crippen molar-refractivity contribution in [3.05, 3.63) is 34.4 Å². The van der Waals surface area contributed by atoms with Crippen molar-refractivity contribution in [1.29, 1.82) is 0 Å². The number of aryl methyl sites for hydroxylation is 1. The lowest BCUT2D eigenvalue weighted by Crippen LogP contribution is -2.12. The van der Waals surface area contributed by atoms with E-state index in [4.69, 9.17) is 0 Å². The van der Waals surface area contributed by atoms with Gasteiger partial charge < -0.3 is 0 Å². The van der Waals surface area contributed by atoms with Gasteiger partial charge in [-0.05, 0) is 54.4 Å². The van der Waals surface area contributed by atoms with Gasteiger partial charge in [0, 0.05) is 11.0 Å². The van der Waals surface area contributed by atoms with Crippen molar-refractivity contribution in [2.75, 3.05) is 0 Å². The molecule has 1 aromatic carbocycles. The van der Waals surface area contributed by atoms with Crippen LogP contribution in [0.2, 0.25) is 0 Å². The van der Waals surface area contributed by atoms with Crippen LogP contribution in [-0.4, -0.2) is 5.25 Å². The first-order valence-electron chi connectivity index (χ1n) is 8.60. The summed E-state index contributed by atoms with van der Waals surface area (Å²) in [6, 6.07) is 4.85. The van der Waals surface area contributed by atoms with E-state index in [2.05, 4.69) is 58.5 Å². The smallest absolute Gasteiger partial charge is 0.0190 e. The Balaban J connectivity index is 2.09. The third-order valence-electron chi connectivity index (χ3n) is 4.92. The molecule has 0 aliphatic heterocycles. The van der Waals surface area contributed by atoms with Crippen LogP contribution in [0.25, 0.3) is 0 Å². The molecule has 0 atom stereocenters. The maximum atomic E-state index is 2.46. The Hall–Kier alpha value is -0.430. The topological polar surface area (TPSA) is 0 Å². The average molecular weight is 305 g/mol. The summed E-state index contributed by atoms with van der Waals surface area (Å²) in [5.74, 6) is 1.20. The summed E-state index contributed by atoms with van der Waals surface area (Å²) in [6.07, 6.45) is 8.65. The van der Waals surface area contributed by atoms with Gasteiger partial charge in [0.15, 0.2) is 0 Å². The summed E-state index contributed by atoms with van der Waals surface area (Å²) >= 11 is 2.21. The summed E-state index contributed by atoms with van der Waals surface area (Å²) in [6.45, 7) is 11.5. The van der Waals surface area contributed by atoms with Crippen LogP contribution in [0.15, 0.2) is 12.1 Å². The zero-order chi connectivity index (χ0) is 15.5. The monoisotopic (exact) mass is 304 g/mol. The lowest BCUT2D eigenvalue weighted by Gasteiger charge is -2.23. The largest absolute Gasteiger partial charge is 0.154 e. The molecule has 1 fully saturated rings. The van der Waals surface area contributed by atoms with E-state index >= 15 is 0 Å². The van der Waals surface area contributed by atoms with Crippen molar-refractivity contribution in [3.63, 3.8) is 0 Å². The van der Waals surface area contributed by atoms with E-state index in [1.54, 1.807) is 5.56 Å². The third kappa shape index (κ3) is 4.77. The number of hydrogen-bond acceptors (Lipinski definition) is 1. The fourth-order valence-electron chi connectivity index (χ4n) is 3.13. The molecule has 1 aromatic rings. The normalized spacial score (nSPS) is 17.8. The standard InChI is InChI=1S/C20H32S/c1-15-12-18(20(3,4)5)13-17(16(15)2)14-21-19-10-8-6-7-9-11-19/h12-13,19H,6-11,14H2,1-5H3. The SMILES string of the molecule is Cc1cc(C(C)(C)C)cc(CSC2CCCCCC2)c1C. The summed E-state index contributed by atoms with van der Waals surface area (Å²) in [5.41, 5.74) is 6.26. The minimum Gasteiger partial charge on any atom is -0.154 e. The van der Waals surface area contributed by atoms with Crippen molar-refractivity contribution in [2.24, 2.45) is 0 Å². The van der Waals surface area contributed by atoms with Gasteiger partial charge in [-0.2, -0.15) is 11.8 Å². The predicted molar refractivity (Wildman–Crippen MR) is 97.4 cm³/mol. The van der Waals surface area contributed by atoms with Crippen LogP contribution >= 0.6 is 11.8 Å². The van der Waals surface area contributed by atoms with Gasteiger partial charge in [-0.3, -0.25) is 0 Å². The summed E-state index contributed by atoms with van der Waals surface area (Å²) in [5, 5.41) is 0.894. The highest BCUT2D eigenvalue weighted by atomic mass is 32.2. The van der Waals surface area contributed by atoms with Gasteiger partial charge in [-0.15, -0.1) is 0 Å². The average Bonchev–Trinajstić information content (AvgIpc) is 2.67. The van der Waals surface area contributed by atoms with E-state index < -0.39 is 0 Å². The molecule has 0 bridgehead atoms. The maximum absolute atomic E-state index is 2.46. The molecule has 0 N–H and O–H groups in total. The number of thioether (sulfide) groups is 1. The van der Waals surface area contributed by atoms with Crippen LogP contribution in [0.5, 0.6) is 0 Å². The van der Waals surface area contributed by atoms with Gasteiger partial charge in [0.2, 0.25) is 0 Å². The molecule has 0 aromatic heterocycles. The summed E-state index contributed by atoms with van der Waals surface area (Å²) < 4.78 is 0. The van der Waals surface area contributed by atoms with Crippen molar-refractivity contribution in [2.45, 2.75) is 89.6 Å². The molecule has 1 heteroatoms. The Morgan fingerprint density at radius 3 is 2.19 bits per heavy atom. The van der Waals surface area contributed by atoms with Crippen LogP contribution in [0.3, 0.4) is 0 Å². The molecular formula is C20H32S. The highest BCUT2D eigenvalue weighted by Crippen LogP contribution is 2.33. The minimum absolute atomic E-state index is 0.250. The molecule has 21 heavy (non-hydrogen) atoms. The van der Waals surface area contributed by atoms with Crippen molar-refractivity contribution < 1.29 is 0 Å². The minimum atomic E-state index is 0.250. The molecule has 0 amide bonds. The van der Waals surface area contributed by atoms with Crippen molar-refractivity contribution in [3.8, 4) is 0 Å². The van der Waals surface area contributed by atoms with E-state index in [0.29, 0.717) is 0 Å². The first-order chi connectivity index (χ1) is 9.88. The van der Waals surface area contributed by atoms with Crippen LogP contribution < -0.4 is 0 Å². The van der Waals surface area contributed by atoms with Crippen LogP contribution in [0, 0.1) is 13.8 Å². The van der Waals surface area contributed by atoms with Gasteiger partial charge in [-0.1, -0.05) is 58.6 Å². The molecule has 0 nitrogen and oxygen atoms in total. The highest BCUT2D eigenvalue weighted by Gasteiger charge is 2.18. The van der Waals surface area contributed by atoms with Crippen molar-refractivity contribution >= 4 is 11.8 Å². The van der Waals surface area contributed by atoms with Crippen LogP contribution in [0.1, 0.15) is 81.5 Å². The summed E-state index contributed by atoms with van der Waals surface area (Å²) in [7, 11) is 0. The molecule has 1 saturated carbocycles. The maximum Gasteiger partial charge on any atom is 0.0190 e. The van der Waals surface area contributed by atoms with E-state index in [9.17, 15) is 0 Å². The third-order valence-corrected chi connectivity index (χ3v) is 6.34. The van der Waals surface area contributed by atoms with Gasteiger partial charge in [-0.25, -0.2) is 0 Å². The Kier molecular flexibility index (Phi) is 5.82. The molecule has 1 aliphatic carbocycles. The van der Waals surface area contributed by atoms with Gasteiger partial charge >= 0.3 is 0 Å². The highest BCUT2D eigenvalue weighted by molar-refractivity contribution is 7.99. The number of rotatable bonds is 3. The quantitative estimate of drug-likeness (QED) is 0.570. The molecular weight excluding hydrogens is 272 g/mol.